The molecule has 6 heteroatoms. The van der Waals surface area contributed by atoms with Crippen LogP contribution in [-0.2, 0) is 12.1 Å². The van der Waals surface area contributed by atoms with Crippen LogP contribution < -0.4 is 5.43 Å². The number of halogens is 4. The van der Waals surface area contributed by atoms with Crippen LogP contribution in [0.5, 0.6) is 0 Å². The van der Waals surface area contributed by atoms with Crippen LogP contribution in [0.15, 0.2) is 17.1 Å². The summed E-state index contributed by atoms with van der Waals surface area (Å²) in [5.74, 6) is -0.104. The van der Waals surface area contributed by atoms with Gasteiger partial charge in [-0.3, -0.25) is 4.79 Å². The van der Waals surface area contributed by atoms with E-state index >= 15 is 0 Å². The molecule has 0 radical (unpaired) electrons. The molecule has 1 aromatic heterocycles. The first-order chi connectivity index (χ1) is 5.95. The highest BCUT2D eigenvalue weighted by molar-refractivity contribution is 6.17. The molecule has 0 saturated carbocycles. The van der Waals surface area contributed by atoms with Gasteiger partial charge in [-0.25, -0.2) is 0 Å². The Morgan fingerprint density at radius 2 is 2.08 bits per heavy atom. The van der Waals surface area contributed by atoms with Crippen LogP contribution in [0, 0.1) is 0 Å². The lowest BCUT2D eigenvalue weighted by Crippen LogP contribution is -2.15. The summed E-state index contributed by atoms with van der Waals surface area (Å²) in [5.41, 5.74) is -1.65. The van der Waals surface area contributed by atoms with Gasteiger partial charge >= 0.3 is 6.18 Å². The van der Waals surface area contributed by atoms with Gasteiger partial charge in [0.15, 0.2) is 5.43 Å². The van der Waals surface area contributed by atoms with Gasteiger partial charge in [0.05, 0.1) is 5.88 Å². The molecule has 1 rings (SSSR count). The van der Waals surface area contributed by atoms with Crippen molar-refractivity contribution in [2.45, 2.75) is 12.1 Å². The van der Waals surface area contributed by atoms with Crippen LogP contribution in [-0.4, -0.2) is 4.98 Å². The van der Waals surface area contributed by atoms with E-state index in [2.05, 4.69) is 0 Å². The van der Waals surface area contributed by atoms with Crippen molar-refractivity contribution in [3.63, 3.8) is 0 Å². The monoisotopic (exact) mass is 211 g/mol. The molecule has 1 N–H and O–H groups in total. The first-order valence-corrected chi connectivity index (χ1v) is 3.83. The maximum Gasteiger partial charge on any atom is 0.431 e. The highest BCUT2D eigenvalue weighted by atomic mass is 35.5. The van der Waals surface area contributed by atoms with Crippen molar-refractivity contribution in [3.8, 4) is 0 Å². The van der Waals surface area contributed by atoms with Crippen molar-refractivity contribution in [2.75, 3.05) is 0 Å². The third kappa shape index (κ3) is 2.24. The molecule has 0 aliphatic carbocycles. The molecule has 72 valence electrons. The summed E-state index contributed by atoms with van der Waals surface area (Å²) in [6.07, 6.45) is -3.55. The van der Waals surface area contributed by atoms with Crippen LogP contribution in [0.1, 0.15) is 11.3 Å². The molecule has 0 aliphatic heterocycles. The molecule has 1 heterocycles. The van der Waals surface area contributed by atoms with E-state index in [1.54, 1.807) is 0 Å². The highest BCUT2D eigenvalue weighted by Crippen LogP contribution is 2.26. The number of aromatic amines is 1. The van der Waals surface area contributed by atoms with Crippen molar-refractivity contribution in [1.29, 1.82) is 0 Å². The lowest BCUT2D eigenvalue weighted by Gasteiger charge is -2.05. The maximum absolute atomic E-state index is 12.0. The Hall–Kier alpha value is -0.970. The largest absolute Gasteiger partial charge is 0.431 e. The van der Waals surface area contributed by atoms with Gasteiger partial charge in [-0.15, -0.1) is 11.6 Å². The van der Waals surface area contributed by atoms with Gasteiger partial charge in [0.2, 0.25) is 0 Å². The van der Waals surface area contributed by atoms with Gasteiger partial charge < -0.3 is 4.98 Å². The Morgan fingerprint density at radius 1 is 1.46 bits per heavy atom. The fraction of sp³-hybridized carbons (Fsp3) is 0.286. The zero-order valence-corrected chi connectivity index (χ0v) is 7.04. The molecule has 0 amide bonds. The van der Waals surface area contributed by atoms with Crippen LogP contribution in [0.2, 0.25) is 0 Å². The molecular weight excluding hydrogens is 207 g/mol. The van der Waals surface area contributed by atoms with Gasteiger partial charge in [-0.1, -0.05) is 0 Å². The van der Waals surface area contributed by atoms with Crippen LogP contribution in [0.25, 0.3) is 0 Å². The molecule has 13 heavy (non-hydrogen) atoms. The zero-order chi connectivity index (χ0) is 10.1. The van der Waals surface area contributed by atoms with Gasteiger partial charge in [-0.2, -0.15) is 13.2 Å². The molecular formula is C7H5ClF3NO. The second-order valence-electron chi connectivity index (χ2n) is 2.37. The van der Waals surface area contributed by atoms with Crippen molar-refractivity contribution in [1.82, 2.24) is 4.98 Å². The number of aromatic nitrogens is 1. The van der Waals surface area contributed by atoms with Crippen LogP contribution in [0.3, 0.4) is 0 Å². The molecule has 0 unspecified atom stereocenters. The third-order valence-electron chi connectivity index (χ3n) is 1.44. The SMILES string of the molecule is O=c1cc(C(F)(F)F)[nH]cc1CCl. The topological polar surface area (TPSA) is 32.9 Å². The number of alkyl halides is 4. The Kier molecular flexibility index (Phi) is 2.66. The highest BCUT2D eigenvalue weighted by Gasteiger charge is 2.31. The predicted molar refractivity (Wildman–Crippen MR) is 41.6 cm³/mol. The number of hydrogen-bond acceptors (Lipinski definition) is 1. The third-order valence-corrected chi connectivity index (χ3v) is 1.73. The summed E-state index contributed by atoms with van der Waals surface area (Å²) in [4.78, 5) is 12.9. The molecule has 0 spiro atoms. The molecule has 0 fully saturated rings. The summed E-state index contributed by atoms with van der Waals surface area (Å²) in [7, 11) is 0. The van der Waals surface area contributed by atoms with Crippen molar-refractivity contribution in [2.24, 2.45) is 0 Å². The van der Waals surface area contributed by atoms with Gasteiger partial charge in [0.25, 0.3) is 0 Å². The summed E-state index contributed by atoms with van der Waals surface area (Å²) >= 11 is 5.30. The lowest BCUT2D eigenvalue weighted by molar-refractivity contribution is -0.141. The minimum Gasteiger partial charge on any atom is -0.357 e. The van der Waals surface area contributed by atoms with E-state index < -0.39 is 17.3 Å². The van der Waals surface area contributed by atoms with Crippen molar-refractivity contribution in [3.05, 3.63) is 33.7 Å². The van der Waals surface area contributed by atoms with E-state index in [4.69, 9.17) is 11.6 Å². The van der Waals surface area contributed by atoms with Gasteiger partial charge in [-0.05, 0) is 0 Å². The van der Waals surface area contributed by atoms with Gasteiger partial charge in [0, 0.05) is 17.8 Å². The fourth-order valence-corrected chi connectivity index (χ4v) is 0.978. The standard InChI is InChI=1S/C7H5ClF3NO/c8-2-4-3-12-6(1-5(4)13)7(9,10)11/h1,3H,2H2,(H,12,13). The Balaban J connectivity index is 3.18. The zero-order valence-electron chi connectivity index (χ0n) is 6.28. The van der Waals surface area contributed by atoms with E-state index in [0.29, 0.717) is 6.07 Å². The number of H-pyrrole nitrogens is 1. The van der Waals surface area contributed by atoms with E-state index in [1.165, 1.54) is 0 Å². The normalized spacial score (nSPS) is 11.7. The first kappa shape index (κ1) is 10.1. The Labute approximate surface area is 76.3 Å². The number of pyridine rings is 1. The summed E-state index contributed by atoms with van der Waals surface area (Å²) in [5, 5.41) is 0. The molecule has 1 aromatic rings. The van der Waals surface area contributed by atoms with Crippen LogP contribution in [0.4, 0.5) is 13.2 Å². The van der Waals surface area contributed by atoms with Gasteiger partial charge in [0.1, 0.15) is 5.69 Å². The van der Waals surface area contributed by atoms with E-state index in [-0.39, 0.29) is 11.4 Å². The second-order valence-corrected chi connectivity index (χ2v) is 2.63. The molecule has 0 saturated heterocycles. The summed E-state index contributed by atoms with van der Waals surface area (Å²) in [6, 6.07) is 0.498. The summed E-state index contributed by atoms with van der Waals surface area (Å²) < 4.78 is 36.0. The number of hydrogen-bond donors (Lipinski definition) is 1. The van der Waals surface area contributed by atoms with Crippen LogP contribution >= 0.6 is 11.6 Å². The Bertz CT molecular complexity index is 357. The molecule has 0 atom stereocenters. The summed E-state index contributed by atoms with van der Waals surface area (Å²) in [6.45, 7) is 0. The minimum atomic E-state index is -4.52. The fourth-order valence-electron chi connectivity index (χ4n) is 0.770. The quantitative estimate of drug-likeness (QED) is 0.710. The number of nitrogens with one attached hydrogen (secondary N) is 1. The predicted octanol–water partition coefficient (Wildman–Crippen LogP) is 2.13. The van der Waals surface area contributed by atoms with Crippen molar-refractivity contribution < 1.29 is 13.2 Å². The molecule has 0 bridgehead atoms. The Morgan fingerprint density at radius 3 is 2.46 bits per heavy atom. The smallest absolute Gasteiger partial charge is 0.357 e. The molecule has 2 nitrogen and oxygen atoms in total. The minimum absolute atomic E-state index is 0.104. The van der Waals surface area contributed by atoms with E-state index in [1.807, 2.05) is 4.98 Å². The van der Waals surface area contributed by atoms with E-state index in [0.717, 1.165) is 6.20 Å². The number of rotatable bonds is 1. The average molecular weight is 212 g/mol. The lowest BCUT2D eigenvalue weighted by atomic mass is 10.2. The van der Waals surface area contributed by atoms with E-state index in [9.17, 15) is 18.0 Å². The average Bonchev–Trinajstić information content (AvgIpc) is 2.02. The second kappa shape index (κ2) is 3.41. The maximum atomic E-state index is 12.0. The van der Waals surface area contributed by atoms with Crippen molar-refractivity contribution >= 4 is 11.6 Å². The molecule has 0 aliphatic rings. The first-order valence-electron chi connectivity index (χ1n) is 3.30. The molecule has 0 aromatic carbocycles.